The van der Waals surface area contributed by atoms with Gasteiger partial charge in [-0.05, 0) is 42.0 Å². The molecule has 180 valence electrons. The van der Waals surface area contributed by atoms with Crippen LogP contribution in [-0.2, 0) is 20.6 Å². The van der Waals surface area contributed by atoms with Crippen LogP contribution < -0.4 is 0 Å². The van der Waals surface area contributed by atoms with Crippen molar-refractivity contribution in [3.05, 3.63) is 82.7 Å². The summed E-state index contributed by atoms with van der Waals surface area (Å²) in [5, 5.41) is 19.6. The normalized spacial score (nSPS) is 25.7. The molecule has 6 heteroatoms. The maximum atomic E-state index is 14.7. The second-order valence-corrected chi connectivity index (χ2v) is 8.68. The van der Waals surface area contributed by atoms with Crippen LogP contribution in [-0.4, -0.2) is 49.5 Å². The van der Waals surface area contributed by atoms with Gasteiger partial charge in [0.25, 0.3) is 0 Å². The molecule has 0 amide bonds. The van der Waals surface area contributed by atoms with E-state index in [1.807, 2.05) is 24.3 Å². The highest BCUT2D eigenvalue weighted by atomic mass is 19.1. The molecule has 1 aromatic rings. The molecule has 0 saturated carbocycles. The van der Waals surface area contributed by atoms with E-state index in [1.54, 1.807) is 13.2 Å². The van der Waals surface area contributed by atoms with Gasteiger partial charge in [-0.2, -0.15) is 0 Å². The molecule has 0 aromatic heterocycles. The quantitative estimate of drug-likeness (QED) is 0.397. The molecule has 0 spiro atoms. The maximum absolute atomic E-state index is 14.7. The fourth-order valence-corrected chi connectivity index (χ4v) is 4.22. The third-order valence-corrected chi connectivity index (χ3v) is 6.00. The molecule has 2 N–H and O–H groups in total. The van der Waals surface area contributed by atoms with Gasteiger partial charge in [0, 0.05) is 25.5 Å². The van der Waals surface area contributed by atoms with Crippen molar-refractivity contribution in [2.24, 2.45) is 5.92 Å². The van der Waals surface area contributed by atoms with Gasteiger partial charge in [-0.15, -0.1) is 0 Å². The first-order valence-electron chi connectivity index (χ1n) is 11.5. The van der Waals surface area contributed by atoms with Gasteiger partial charge in [-0.1, -0.05) is 55.0 Å². The Morgan fingerprint density at radius 1 is 1.24 bits per heavy atom. The average molecular weight is 459 g/mol. The lowest BCUT2D eigenvalue weighted by Gasteiger charge is -2.32. The lowest BCUT2D eigenvalue weighted by atomic mass is 9.91. The standard InChI is InChI=1S/C27H35FO5/c1-19-6-4-3-5-7-22(19)13-21(10-11-32-18-31-2)12-20-8-9-26(28)25(14-20)27-16-23(30)15-24(17-29)33-27/h3-9,13-14,19,23-24,27,29-30H,10-12,15-18H2,1-2H3/b21-13+. The number of halogens is 1. The van der Waals surface area contributed by atoms with Crippen molar-refractivity contribution in [1.82, 2.24) is 0 Å². The number of rotatable bonds is 10. The topological polar surface area (TPSA) is 68.2 Å². The lowest BCUT2D eigenvalue weighted by Crippen LogP contribution is -2.33. The van der Waals surface area contributed by atoms with E-state index in [-0.39, 0.29) is 25.1 Å². The highest BCUT2D eigenvalue weighted by Gasteiger charge is 2.30. The van der Waals surface area contributed by atoms with Gasteiger partial charge in [-0.25, -0.2) is 4.39 Å². The van der Waals surface area contributed by atoms with E-state index in [0.717, 1.165) is 12.0 Å². The summed E-state index contributed by atoms with van der Waals surface area (Å²) in [6.07, 6.45) is 12.9. The second kappa shape index (κ2) is 13.0. The SMILES string of the molecule is COCOCC/C(=C\C1=CC=CC=CC1C)Cc1ccc(F)c(C2CC(O)CC(CO)O2)c1. The molecule has 1 heterocycles. The second-order valence-electron chi connectivity index (χ2n) is 8.68. The molecule has 1 aromatic carbocycles. The molecule has 1 saturated heterocycles. The van der Waals surface area contributed by atoms with Gasteiger partial charge in [0.05, 0.1) is 31.5 Å². The molecular formula is C27H35FO5. The monoisotopic (exact) mass is 458 g/mol. The van der Waals surface area contributed by atoms with Crippen LogP contribution in [0.1, 0.15) is 43.4 Å². The number of hydrogen-bond donors (Lipinski definition) is 2. The average Bonchev–Trinajstić information content (AvgIpc) is 3.01. The van der Waals surface area contributed by atoms with Gasteiger partial charge >= 0.3 is 0 Å². The Morgan fingerprint density at radius 3 is 2.88 bits per heavy atom. The minimum Gasteiger partial charge on any atom is -0.394 e. The third-order valence-electron chi connectivity index (χ3n) is 6.00. The Hall–Kier alpha value is -2.09. The zero-order chi connectivity index (χ0) is 23.6. The Bertz CT molecular complexity index is 888. The fourth-order valence-electron chi connectivity index (χ4n) is 4.22. The predicted octanol–water partition coefficient (Wildman–Crippen LogP) is 4.57. The zero-order valence-corrected chi connectivity index (χ0v) is 19.5. The van der Waals surface area contributed by atoms with Gasteiger partial charge in [-0.3, -0.25) is 0 Å². The smallest absolute Gasteiger partial charge is 0.146 e. The molecule has 5 nitrogen and oxygen atoms in total. The fraction of sp³-hybridized carbons (Fsp3) is 0.481. The van der Waals surface area contributed by atoms with Crippen LogP contribution in [0.2, 0.25) is 0 Å². The number of methoxy groups -OCH3 is 1. The van der Waals surface area contributed by atoms with Gasteiger partial charge < -0.3 is 24.4 Å². The van der Waals surface area contributed by atoms with E-state index in [9.17, 15) is 14.6 Å². The van der Waals surface area contributed by atoms with Gasteiger partial charge in [0.1, 0.15) is 12.6 Å². The van der Waals surface area contributed by atoms with E-state index in [1.165, 1.54) is 17.2 Å². The number of aliphatic hydroxyl groups is 2. The highest BCUT2D eigenvalue weighted by Crippen LogP contribution is 2.34. The molecule has 1 aliphatic carbocycles. The molecule has 0 bridgehead atoms. The Labute approximate surface area is 195 Å². The predicted molar refractivity (Wildman–Crippen MR) is 126 cm³/mol. The van der Waals surface area contributed by atoms with Crippen molar-refractivity contribution in [3.63, 3.8) is 0 Å². The molecule has 4 atom stereocenters. The summed E-state index contributed by atoms with van der Waals surface area (Å²) in [6.45, 7) is 2.73. The molecular weight excluding hydrogens is 423 g/mol. The minimum absolute atomic E-state index is 0.195. The summed E-state index contributed by atoms with van der Waals surface area (Å²) >= 11 is 0. The summed E-state index contributed by atoms with van der Waals surface area (Å²) in [4.78, 5) is 0. The number of aliphatic hydroxyl groups excluding tert-OH is 2. The minimum atomic E-state index is -0.623. The summed E-state index contributed by atoms with van der Waals surface area (Å²) in [5.74, 6) is -0.0786. The molecule has 2 aliphatic rings. The molecule has 33 heavy (non-hydrogen) atoms. The first kappa shape index (κ1) is 25.5. The molecule has 1 fully saturated rings. The van der Waals surface area contributed by atoms with Crippen molar-refractivity contribution in [1.29, 1.82) is 0 Å². The van der Waals surface area contributed by atoms with E-state index >= 15 is 0 Å². The largest absolute Gasteiger partial charge is 0.394 e. The summed E-state index contributed by atoms with van der Waals surface area (Å²) in [6, 6.07) is 5.07. The van der Waals surface area contributed by atoms with Crippen LogP contribution in [0.3, 0.4) is 0 Å². The number of allylic oxidation sites excluding steroid dienone is 7. The Balaban J connectivity index is 1.82. The van der Waals surface area contributed by atoms with Gasteiger partial charge in [0.15, 0.2) is 0 Å². The summed E-state index contributed by atoms with van der Waals surface area (Å²) < 4.78 is 31.1. The highest BCUT2D eigenvalue weighted by molar-refractivity contribution is 5.37. The van der Waals surface area contributed by atoms with Crippen molar-refractivity contribution < 1.29 is 28.8 Å². The van der Waals surface area contributed by atoms with E-state index < -0.39 is 18.3 Å². The van der Waals surface area contributed by atoms with Crippen LogP contribution >= 0.6 is 0 Å². The van der Waals surface area contributed by atoms with E-state index in [4.69, 9.17) is 14.2 Å². The summed E-state index contributed by atoms with van der Waals surface area (Å²) in [5.41, 5.74) is 3.76. The third kappa shape index (κ3) is 7.73. The van der Waals surface area contributed by atoms with Crippen molar-refractivity contribution >= 4 is 0 Å². The lowest BCUT2D eigenvalue weighted by molar-refractivity contribution is -0.114. The molecule has 0 radical (unpaired) electrons. The maximum Gasteiger partial charge on any atom is 0.146 e. The van der Waals surface area contributed by atoms with Gasteiger partial charge in [0.2, 0.25) is 0 Å². The molecule has 4 unspecified atom stereocenters. The van der Waals surface area contributed by atoms with Crippen LogP contribution in [0, 0.1) is 11.7 Å². The zero-order valence-electron chi connectivity index (χ0n) is 19.5. The van der Waals surface area contributed by atoms with Crippen LogP contribution in [0.25, 0.3) is 0 Å². The number of benzene rings is 1. The van der Waals surface area contributed by atoms with Crippen LogP contribution in [0.4, 0.5) is 4.39 Å². The first-order chi connectivity index (χ1) is 16.0. The van der Waals surface area contributed by atoms with Crippen molar-refractivity contribution in [2.75, 3.05) is 27.1 Å². The summed E-state index contributed by atoms with van der Waals surface area (Å²) in [7, 11) is 1.60. The Morgan fingerprint density at radius 2 is 2.09 bits per heavy atom. The Kier molecular flexibility index (Phi) is 10.0. The first-order valence-corrected chi connectivity index (χ1v) is 11.5. The van der Waals surface area contributed by atoms with Crippen molar-refractivity contribution in [2.45, 2.75) is 50.9 Å². The van der Waals surface area contributed by atoms with Crippen LogP contribution in [0.5, 0.6) is 0 Å². The van der Waals surface area contributed by atoms with E-state index in [0.29, 0.717) is 31.4 Å². The van der Waals surface area contributed by atoms with E-state index in [2.05, 4.69) is 25.2 Å². The number of ether oxygens (including phenoxy) is 3. The number of hydrogen-bond acceptors (Lipinski definition) is 5. The molecule has 3 rings (SSSR count). The van der Waals surface area contributed by atoms with Crippen LogP contribution in [0.15, 0.2) is 65.8 Å². The van der Waals surface area contributed by atoms with Crippen molar-refractivity contribution in [3.8, 4) is 0 Å². The molecule has 1 aliphatic heterocycles.